The lowest BCUT2D eigenvalue weighted by molar-refractivity contribution is -0.153. The Labute approximate surface area is 122 Å². The second-order valence-corrected chi connectivity index (χ2v) is 5.82. The fourth-order valence-corrected chi connectivity index (χ4v) is 3.53. The van der Waals surface area contributed by atoms with Crippen molar-refractivity contribution in [2.45, 2.75) is 51.9 Å². The molecule has 1 fully saturated rings. The predicted molar refractivity (Wildman–Crippen MR) is 81.2 cm³/mol. The molecule has 3 nitrogen and oxygen atoms in total. The van der Waals surface area contributed by atoms with Crippen LogP contribution in [0.15, 0.2) is 24.4 Å². The molecule has 1 saturated heterocycles. The second kappa shape index (κ2) is 6.96. The summed E-state index contributed by atoms with van der Waals surface area (Å²) in [6.45, 7) is 8.33. The number of nitrogens with zero attached hydrogens (tertiary/aromatic N) is 1. The summed E-state index contributed by atoms with van der Waals surface area (Å²) in [5.41, 5.74) is 0.736. The zero-order valence-corrected chi connectivity index (χ0v) is 12.7. The van der Waals surface area contributed by atoms with Crippen LogP contribution in [0.25, 0.3) is 0 Å². The number of ether oxygens (including phenoxy) is 1. The van der Waals surface area contributed by atoms with Crippen molar-refractivity contribution in [2.24, 2.45) is 5.41 Å². The van der Waals surface area contributed by atoms with Gasteiger partial charge in [0.15, 0.2) is 0 Å². The summed E-state index contributed by atoms with van der Waals surface area (Å²) in [6.07, 6.45) is 11.7. The first-order valence-corrected chi connectivity index (χ1v) is 7.98. The van der Waals surface area contributed by atoms with Crippen LogP contribution in [0.5, 0.6) is 0 Å². The molecular weight excluding hydrogens is 250 g/mol. The molecule has 0 aromatic rings. The van der Waals surface area contributed by atoms with Crippen molar-refractivity contribution in [3.8, 4) is 0 Å². The molecular formula is C17H27NO2. The van der Waals surface area contributed by atoms with E-state index in [0.717, 1.165) is 25.9 Å². The monoisotopic (exact) mass is 277 g/mol. The van der Waals surface area contributed by atoms with Gasteiger partial charge in [-0.05, 0) is 39.0 Å². The number of esters is 1. The highest BCUT2D eigenvalue weighted by Gasteiger charge is 2.46. The molecule has 0 spiro atoms. The lowest BCUT2D eigenvalue weighted by Gasteiger charge is -2.36. The number of likely N-dealkylation sites (tertiary alicyclic amines) is 1. The fourth-order valence-electron chi connectivity index (χ4n) is 3.53. The molecule has 112 valence electrons. The van der Waals surface area contributed by atoms with Gasteiger partial charge in [-0.25, -0.2) is 0 Å². The summed E-state index contributed by atoms with van der Waals surface area (Å²) >= 11 is 0. The molecule has 0 radical (unpaired) electrons. The maximum atomic E-state index is 12.6. The number of allylic oxidation sites excluding steroid dienone is 2. The van der Waals surface area contributed by atoms with Crippen LogP contribution in [-0.2, 0) is 9.53 Å². The van der Waals surface area contributed by atoms with E-state index < -0.39 is 5.41 Å². The van der Waals surface area contributed by atoms with Gasteiger partial charge in [0.2, 0.25) is 0 Å². The Hall–Kier alpha value is -1.25. The molecule has 0 amide bonds. The zero-order valence-electron chi connectivity index (χ0n) is 12.7. The molecule has 1 atom stereocenters. The van der Waals surface area contributed by atoms with Gasteiger partial charge in [0, 0.05) is 18.8 Å². The van der Waals surface area contributed by atoms with Crippen LogP contribution in [-0.4, -0.2) is 30.6 Å². The minimum absolute atomic E-state index is 0.0621. The van der Waals surface area contributed by atoms with Crippen LogP contribution in [0.3, 0.4) is 0 Å². The van der Waals surface area contributed by atoms with Gasteiger partial charge < -0.3 is 9.64 Å². The highest BCUT2D eigenvalue weighted by Crippen LogP contribution is 2.45. The highest BCUT2D eigenvalue weighted by atomic mass is 16.5. The standard InChI is InChI=1S/C17H27NO2/c1-3-11-17(16(19)20-4-2)12-9-10-15(17)18-13-7-5-6-8-14-18/h3,10H,1,4-9,11-14H2,2H3. The second-order valence-electron chi connectivity index (χ2n) is 5.82. The number of carbonyl (C=O) groups excluding carboxylic acids is 1. The van der Waals surface area contributed by atoms with E-state index in [2.05, 4.69) is 17.6 Å². The molecule has 20 heavy (non-hydrogen) atoms. The van der Waals surface area contributed by atoms with E-state index in [1.165, 1.54) is 31.4 Å². The average Bonchev–Trinajstić information content (AvgIpc) is 2.69. The van der Waals surface area contributed by atoms with Crippen LogP contribution >= 0.6 is 0 Å². The van der Waals surface area contributed by atoms with Crippen molar-refractivity contribution in [3.63, 3.8) is 0 Å². The molecule has 0 bridgehead atoms. The number of carbonyl (C=O) groups is 1. The van der Waals surface area contributed by atoms with Gasteiger partial charge >= 0.3 is 5.97 Å². The maximum absolute atomic E-state index is 12.6. The van der Waals surface area contributed by atoms with Crippen molar-refractivity contribution in [2.75, 3.05) is 19.7 Å². The summed E-state index contributed by atoms with van der Waals surface area (Å²) in [7, 11) is 0. The molecule has 1 unspecified atom stereocenters. The number of rotatable bonds is 5. The maximum Gasteiger partial charge on any atom is 0.318 e. The Kier molecular flexibility index (Phi) is 5.27. The van der Waals surface area contributed by atoms with Gasteiger partial charge in [0.05, 0.1) is 6.61 Å². The molecule has 1 aliphatic carbocycles. The van der Waals surface area contributed by atoms with Gasteiger partial charge in [-0.2, -0.15) is 0 Å². The molecule has 0 aromatic carbocycles. The van der Waals surface area contributed by atoms with Gasteiger partial charge in [-0.15, -0.1) is 6.58 Å². The smallest absolute Gasteiger partial charge is 0.318 e. The molecule has 0 saturated carbocycles. The first-order chi connectivity index (χ1) is 9.74. The van der Waals surface area contributed by atoms with Gasteiger partial charge in [0.1, 0.15) is 5.41 Å². The summed E-state index contributed by atoms with van der Waals surface area (Å²) < 4.78 is 5.38. The summed E-state index contributed by atoms with van der Waals surface area (Å²) in [5.74, 6) is -0.0621. The van der Waals surface area contributed by atoms with Crippen LogP contribution in [0.2, 0.25) is 0 Å². The third-order valence-corrected chi connectivity index (χ3v) is 4.50. The van der Waals surface area contributed by atoms with Crippen molar-refractivity contribution in [1.29, 1.82) is 0 Å². The molecule has 2 aliphatic rings. The minimum atomic E-state index is -0.470. The Morgan fingerprint density at radius 3 is 2.70 bits per heavy atom. The first-order valence-electron chi connectivity index (χ1n) is 7.98. The summed E-state index contributed by atoms with van der Waals surface area (Å²) in [4.78, 5) is 15.0. The van der Waals surface area contributed by atoms with Crippen molar-refractivity contribution in [1.82, 2.24) is 4.90 Å². The predicted octanol–water partition coefficient (Wildman–Crippen LogP) is 3.67. The minimum Gasteiger partial charge on any atom is -0.465 e. The SMILES string of the molecule is C=CCC1(C(=O)OCC)CCC=C1N1CCCCCC1. The van der Waals surface area contributed by atoms with E-state index in [-0.39, 0.29) is 5.97 Å². The van der Waals surface area contributed by atoms with Gasteiger partial charge in [-0.1, -0.05) is 25.0 Å². The van der Waals surface area contributed by atoms with Crippen LogP contribution < -0.4 is 0 Å². The zero-order chi connectivity index (χ0) is 14.4. The van der Waals surface area contributed by atoms with Crippen LogP contribution in [0, 0.1) is 5.41 Å². The van der Waals surface area contributed by atoms with Crippen molar-refractivity contribution < 1.29 is 9.53 Å². The molecule has 1 heterocycles. The van der Waals surface area contributed by atoms with E-state index >= 15 is 0 Å². The molecule has 0 N–H and O–H groups in total. The van der Waals surface area contributed by atoms with Gasteiger partial charge in [0.25, 0.3) is 0 Å². The normalized spacial score (nSPS) is 26.9. The molecule has 0 aromatic heterocycles. The van der Waals surface area contributed by atoms with Gasteiger partial charge in [-0.3, -0.25) is 4.79 Å². The van der Waals surface area contributed by atoms with Crippen molar-refractivity contribution in [3.05, 3.63) is 24.4 Å². The van der Waals surface area contributed by atoms with E-state index in [4.69, 9.17) is 4.74 Å². The van der Waals surface area contributed by atoms with Crippen LogP contribution in [0.4, 0.5) is 0 Å². The molecule has 1 aliphatic heterocycles. The summed E-state index contributed by atoms with van der Waals surface area (Å²) in [6, 6.07) is 0. The third-order valence-electron chi connectivity index (χ3n) is 4.50. The Morgan fingerprint density at radius 2 is 2.10 bits per heavy atom. The van der Waals surface area contributed by atoms with Crippen LogP contribution in [0.1, 0.15) is 51.9 Å². The molecule has 2 rings (SSSR count). The lowest BCUT2D eigenvalue weighted by atomic mass is 9.80. The third kappa shape index (κ3) is 2.92. The van der Waals surface area contributed by atoms with Crippen molar-refractivity contribution >= 4 is 5.97 Å². The van der Waals surface area contributed by atoms with E-state index in [9.17, 15) is 4.79 Å². The Bertz CT molecular complexity index is 380. The van der Waals surface area contributed by atoms with E-state index in [1.54, 1.807) is 0 Å². The summed E-state index contributed by atoms with van der Waals surface area (Å²) in [5, 5.41) is 0. The van der Waals surface area contributed by atoms with E-state index in [1.807, 2.05) is 13.0 Å². The average molecular weight is 277 g/mol. The Balaban J connectivity index is 2.23. The topological polar surface area (TPSA) is 29.5 Å². The molecule has 3 heteroatoms. The fraction of sp³-hybridized carbons (Fsp3) is 0.706. The quantitative estimate of drug-likeness (QED) is 0.567. The van der Waals surface area contributed by atoms with E-state index in [0.29, 0.717) is 13.0 Å². The number of hydrogen-bond acceptors (Lipinski definition) is 3. The number of hydrogen-bond donors (Lipinski definition) is 0. The largest absolute Gasteiger partial charge is 0.465 e. The first kappa shape index (κ1) is 15.1. The Morgan fingerprint density at radius 1 is 1.40 bits per heavy atom. The lowest BCUT2D eigenvalue weighted by Crippen LogP contribution is -2.40. The highest BCUT2D eigenvalue weighted by molar-refractivity contribution is 5.81.